The molecular formula is C18H23N7O. The van der Waals surface area contributed by atoms with Gasteiger partial charge in [-0.1, -0.05) is 0 Å². The number of hydrogen-bond acceptors (Lipinski definition) is 5. The van der Waals surface area contributed by atoms with Crippen molar-refractivity contribution < 1.29 is 4.79 Å². The van der Waals surface area contributed by atoms with Crippen molar-refractivity contribution in [2.75, 3.05) is 26.2 Å². The lowest BCUT2D eigenvalue weighted by Crippen LogP contribution is -2.48. The molecule has 1 amide bonds. The maximum atomic E-state index is 13.0. The fraction of sp³-hybridized carbons (Fsp3) is 0.444. The van der Waals surface area contributed by atoms with E-state index in [2.05, 4.69) is 20.1 Å². The van der Waals surface area contributed by atoms with Crippen LogP contribution in [0.1, 0.15) is 27.3 Å². The summed E-state index contributed by atoms with van der Waals surface area (Å²) < 4.78 is 3.55. The van der Waals surface area contributed by atoms with Crippen molar-refractivity contribution in [3.05, 3.63) is 47.2 Å². The lowest BCUT2D eigenvalue weighted by atomic mass is 10.2. The van der Waals surface area contributed by atoms with Crippen LogP contribution in [0.3, 0.4) is 0 Å². The Morgan fingerprint density at radius 2 is 1.88 bits per heavy atom. The zero-order chi connectivity index (χ0) is 18.3. The van der Waals surface area contributed by atoms with Crippen LogP contribution < -0.4 is 0 Å². The van der Waals surface area contributed by atoms with Gasteiger partial charge in [-0.15, -0.1) is 0 Å². The van der Waals surface area contributed by atoms with Crippen LogP contribution >= 0.6 is 0 Å². The van der Waals surface area contributed by atoms with Gasteiger partial charge in [-0.25, -0.2) is 9.50 Å². The van der Waals surface area contributed by atoms with E-state index in [1.165, 1.54) is 5.56 Å². The Hall–Kier alpha value is -2.74. The van der Waals surface area contributed by atoms with Crippen LogP contribution in [0.2, 0.25) is 0 Å². The molecule has 8 nitrogen and oxygen atoms in total. The molecule has 0 aromatic carbocycles. The summed E-state index contributed by atoms with van der Waals surface area (Å²) in [5.74, 6) is 0.0125. The summed E-state index contributed by atoms with van der Waals surface area (Å²) in [4.78, 5) is 21.7. The largest absolute Gasteiger partial charge is 0.336 e. The van der Waals surface area contributed by atoms with Crippen molar-refractivity contribution in [2.45, 2.75) is 20.4 Å². The van der Waals surface area contributed by atoms with Crippen molar-refractivity contribution >= 4 is 11.6 Å². The smallest absolute Gasteiger partial charge is 0.259 e. The molecule has 0 bridgehead atoms. The second-order valence-electron chi connectivity index (χ2n) is 6.92. The minimum atomic E-state index is 0.0125. The fourth-order valence-corrected chi connectivity index (χ4v) is 3.51. The highest BCUT2D eigenvalue weighted by atomic mass is 16.2. The summed E-state index contributed by atoms with van der Waals surface area (Å²) in [6.45, 7) is 7.90. The second kappa shape index (κ2) is 6.53. The number of carbonyl (C=O) groups is 1. The lowest BCUT2D eigenvalue weighted by Gasteiger charge is -2.34. The monoisotopic (exact) mass is 353 g/mol. The van der Waals surface area contributed by atoms with E-state index in [9.17, 15) is 4.79 Å². The number of amides is 1. The standard InChI is InChI=1S/C18H23N7O/c1-13-8-14(2)25-17(21-13)16(10-20-25)18(26)24-6-4-23(5-7-24)12-15-9-19-22(3)11-15/h8-11H,4-7,12H2,1-3H3. The number of carbonyl (C=O) groups excluding carboxylic acids is 1. The molecule has 0 aliphatic carbocycles. The first kappa shape index (κ1) is 16.7. The molecule has 1 fully saturated rings. The molecule has 8 heteroatoms. The Morgan fingerprint density at radius 1 is 1.12 bits per heavy atom. The van der Waals surface area contributed by atoms with Crippen molar-refractivity contribution in [3.63, 3.8) is 0 Å². The average molecular weight is 353 g/mol. The molecule has 4 rings (SSSR count). The van der Waals surface area contributed by atoms with E-state index in [1.807, 2.05) is 48.9 Å². The van der Waals surface area contributed by atoms with Crippen molar-refractivity contribution in [3.8, 4) is 0 Å². The minimum absolute atomic E-state index is 0.0125. The molecule has 4 heterocycles. The Labute approximate surface area is 152 Å². The van der Waals surface area contributed by atoms with Crippen LogP contribution in [-0.4, -0.2) is 66.3 Å². The highest BCUT2D eigenvalue weighted by Gasteiger charge is 2.25. The molecule has 1 aliphatic heterocycles. The first-order valence-corrected chi connectivity index (χ1v) is 8.82. The second-order valence-corrected chi connectivity index (χ2v) is 6.92. The molecule has 1 saturated heterocycles. The van der Waals surface area contributed by atoms with Gasteiger partial charge < -0.3 is 4.90 Å². The van der Waals surface area contributed by atoms with E-state index in [-0.39, 0.29) is 5.91 Å². The van der Waals surface area contributed by atoms with Crippen LogP contribution in [0.4, 0.5) is 0 Å². The van der Waals surface area contributed by atoms with Gasteiger partial charge in [0.2, 0.25) is 0 Å². The number of fused-ring (bicyclic) bond motifs is 1. The summed E-state index contributed by atoms with van der Waals surface area (Å²) >= 11 is 0. The molecular weight excluding hydrogens is 330 g/mol. The van der Waals surface area contributed by atoms with Gasteiger partial charge in [0.25, 0.3) is 5.91 Å². The Balaban J connectivity index is 1.45. The predicted molar refractivity (Wildman–Crippen MR) is 96.8 cm³/mol. The Bertz CT molecular complexity index is 950. The van der Waals surface area contributed by atoms with Crippen molar-refractivity contribution in [1.82, 2.24) is 34.2 Å². The zero-order valence-electron chi connectivity index (χ0n) is 15.4. The first-order valence-electron chi connectivity index (χ1n) is 8.82. The van der Waals surface area contributed by atoms with Gasteiger partial charge in [-0.3, -0.25) is 14.4 Å². The zero-order valence-corrected chi connectivity index (χ0v) is 15.4. The topological polar surface area (TPSA) is 71.6 Å². The summed E-state index contributed by atoms with van der Waals surface area (Å²) in [6, 6.07) is 1.96. The number of rotatable bonds is 3. The maximum Gasteiger partial charge on any atom is 0.259 e. The number of aryl methyl sites for hydroxylation is 3. The van der Waals surface area contributed by atoms with E-state index in [0.717, 1.165) is 31.0 Å². The average Bonchev–Trinajstić information content (AvgIpc) is 3.21. The summed E-state index contributed by atoms with van der Waals surface area (Å²) in [6.07, 6.45) is 5.57. The van der Waals surface area contributed by atoms with Crippen LogP contribution in [0.5, 0.6) is 0 Å². The van der Waals surface area contributed by atoms with Gasteiger partial charge >= 0.3 is 0 Å². The molecule has 0 N–H and O–H groups in total. The van der Waals surface area contributed by atoms with Crippen molar-refractivity contribution in [1.29, 1.82) is 0 Å². The molecule has 136 valence electrons. The summed E-state index contributed by atoms with van der Waals surface area (Å²) in [7, 11) is 1.92. The SMILES string of the molecule is Cc1cc(C)n2ncc(C(=O)N3CCN(Cc4cnn(C)c4)CC3)c2n1. The Morgan fingerprint density at radius 3 is 2.58 bits per heavy atom. The van der Waals surface area contributed by atoms with Crippen LogP contribution in [-0.2, 0) is 13.6 Å². The molecule has 1 aliphatic rings. The summed E-state index contributed by atoms with van der Waals surface area (Å²) in [5, 5.41) is 8.55. The minimum Gasteiger partial charge on any atom is -0.336 e. The molecule has 3 aromatic rings. The lowest BCUT2D eigenvalue weighted by molar-refractivity contribution is 0.0630. The fourth-order valence-electron chi connectivity index (χ4n) is 3.51. The molecule has 0 saturated carbocycles. The van der Waals surface area contributed by atoms with E-state index in [1.54, 1.807) is 10.7 Å². The number of aromatic nitrogens is 5. The third kappa shape index (κ3) is 3.08. The molecule has 0 radical (unpaired) electrons. The van der Waals surface area contributed by atoms with Crippen LogP contribution in [0.15, 0.2) is 24.7 Å². The van der Waals surface area contributed by atoms with E-state index >= 15 is 0 Å². The van der Waals surface area contributed by atoms with Gasteiger partial charge in [0.05, 0.1) is 12.4 Å². The third-order valence-electron chi connectivity index (χ3n) is 4.83. The molecule has 0 spiro atoms. The van der Waals surface area contributed by atoms with E-state index in [0.29, 0.717) is 24.3 Å². The normalized spacial score (nSPS) is 15.7. The number of piperazine rings is 1. The third-order valence-corrected chi connectivity index (χ3v) is 4.83. The highest BCUT2D eigenvalue weighted by Crippen LogP contribution is 2.16. The summed E-state index contributed by atoms with van der Waals surface area (Å²) in [5.41, 5.74) is 4.30. The molecule has 0 atom stereocenters. The van der Waals surface area contributed by atoms with Crippen LogP contribution in [0, 0.1) is 13.8 Å². The highest BCUT2D eigenvalue weighted by molar-refractivity contribution is 5.99. The quantitative estimate of drug-likeness (QED) is 0.703. The van der Waals surface area contributed by atoms with Gasteiger partial charge in [0.1, 0.15) is 5.56 Å². The Kier molecular flexibility index (Phi) is 4.20. The molecule has 26 heavy (non-hydrogen) atoms. The first-order chi connectivity index (χ1) is 12.5. The molecule has 3 aromatic heterocycles. The van der Waals surface area contributed by atoms with Gasteiger partial charge in [0, 0.05) is 62.9 Å². The number of nitrogens with zero attached hydrogens (tertiary/aromatic N) is 7. The van der Waals surface area contributed by atoms with Gasteiger partial charge in [-0.2, -0.15) is 10.2 Å². The van der Waals surface area contributed by atoms with E-state index in [4.69, 9.17) is 0 Å². The van der Waals surface area contributed by atoms with E-state index < -0.39 is 0 Å². The molecule has 0 unspecified atom stereocenters. The maximum absolute atomic E-state index is 13.0. The van der Waals surface area contributed by atoms with Crippen molar-refractivity contribution in [2.24, 2.45) is 7.05 Å². The predicted octanol–water partition coefficient (Wildman–Crippen LogP) is 1.04. The van der Waals surface area contributed by atoms with Gasteiger partial charge in [0.15, 0.2) is 5.65 Å². The van der Waals surface area contributed by atoms with Crippen LogP contribution in [0.25, 0.3) is 5.65 Å². The number of hydrogen-bond donors (Lipinski definition) is 0. The van der Waals surface area contributed by atoms with Gasteiger partial charge in [-0.05, 0) is 19.9 Å².